The number of aromatic nitrogens is 4. The maximum atomic E-state index is 12.3. The second kappa shape index (κ2) is 7.18. The van der Waals surface area contributed by atoms with Crippen molar-refractivity contribution in [1.82, 2.24) is 25.1 Å². The Labute approximate surface area is 166 Å². The van der Waals surface area contributed by atoms with Crippen molar-refractivity contribution < 1.29 is 4.79 Å². The van der Waals surface area contributed by atoms with E-state index in [4.69, 9.17) is 4.98 Å². The summed E-state index contributed by atoms with van der Waals surface area (Å²) in [4.78, 5) is 21.7. The van der Waals surface area contributed by atoms with Gasteiger partial charge < -0.3 is 10.6 Å². The zero-order valence-corrected chi connectivity index (χ0v) is 17.3. The lowest BCUT2D eigenvalue weighted by molar-refractivity contribution is 0.0940. The summed E-state index contributed by atoms with van der Waals surface area (Å²) < 4.78 is 2.12. The molecule has 0 spiro atoms. The maximum absolute atomic E-state index is 12.3. The standard InChI is InChI=1S/C21H30N6O/c1-13(2)9-17-24-18-16(5-8-22-20(18)28)19(25-17)23-11-21(6-7-21)12-27-15(4)10-14(3)26-27/h10,13H,5-9,11-12H2,1-4H3,(H,22,28)(H,23,24,25). The number of carbonyl (C=O) groups excluding carboxylic acids is 1. The predicted octanol–water partition coefficient (Wildman–Crippen LogP) is 2.67. The van der Waals surface area contributed by atoms with Gasteiger partial charge in [-0.3, -0.25) is 9.48 Å². The van der Waals surface area contributed by atoms with Gasteiger partial charge in [-0.15, -0.1) is 0 Å². The SMILES string of the molecule is Cc1cc(C)n(CC2(CNc3nc(CC(C)C)nc4c3CCNC4=O)CC2)n1. The number of nitrogens with zero attached hydrogens (tertiary/aromatic N) is 4. The van der Waals surface area contributed by atoms with E-state index in [2.05, 4.69) is 52.2 Å². The number of hydrogen-bond acceptors (Lipinski definition) is 5. The predicted molar refractivity (Wildman–Crippen MR) is 108 cm³/mol. The van der Waals surface area contributed by atoms with Gasteiger partial charge in [-0.1, -0.05) is 13.8 Å². The fourth-order valence-electron chi connectivity index (χ4n) is 3.93. The summed E-state index contributed by atoms with van der Waals surface area (Å²) in [6.07, 6.45) is 3.91. The zero-order valence-electron chi connectivity index (χ0n) is 17.3. The maximum Gasteiger partial charge on any atom is 0.270 e. The fraction of sp³-hybridized carbons (Fsp3) is 0.619. The Hall–Kier alpha value is -2.44. The summed E-state index contributed by atoms with van der Waals surface area (Å²) in [5.41, 5.74) is 3.99. The van der Waals surface area contributed by atoms with Crippen LogP contribution in [0, 0.1) is 25.2 Å². The van der Waals surface area contributed by atoms with E-state index in [0.717, 1.165) is 48.8 Å². The average Bonchev–Trinajstić information content (AvgIpc) is 3.31. The molecule has 1 saturated carbocycles. The van der Waals surface area contributed by atoms with Crippen molar-refractivity contribution in [2.45, 2.75) is 59.9 Å². The molecule has 0 saturated heterocycles. The highest BCUT2D eigenvalue weighted by Gasteiger charge is 2.43. The number of rotatable bonds is 7. The summed E-state index contributed by atoms with van der Waals surface area (Å²) >= 11 is 0. The highest BCUT2D eigenvalue weighted by Crippen LogP contribution is 2.47. The number of nitrogens with one attached hydrogen (secondary N) is 2. The first kappa shape index (κ1) is 18.9. The van der Waals surface area contributed by atoms with Crippen molar-refractivity contribution >= 4 is 11.7 Å². The van der Waals surface area contributed by atoms with Gasteiger partial charge in [0.1, 0.15) is 17.3 Å². The van der Waals surface area contributed by atoms with Gasteiger partial charge in [-0.2, -0.15) is 5.10 Å². The molecule has 1 fully saturated rings. The Balaban J connectivity index is 1.54. The second-order valence-corrected chi connectivity index (χ2v) is 8.86. The minimum absolute atomic E-state index is 0.0829. The van der Waals surface area contributed by atoms with Gasteiger partial charge in [0.15, 0.2) is 0 Å². The largest absolute Gasteiger partial charge is 0.369 e. The lowest BCUT2D eigenvalue weighted by Gasteiger charge is -2.23. The van der Waals surface area contributed by atoms with Gasteiger partial charge in [0.05, 0.1) is 5.69 Å². The van der Waals surface area contributed by atoms with Crippen molar-refractivity contribution in [1.29, 1.82) is 0 Å². The van der Waals surface area contributed by atoms with Crippen LogP contribution in [0.1, 0.15) is 60.0 Å². The Kier molecular flexibility index (Phi) is 4.85. The molecule has 1 amide bonds. The van der Waals surface area contributed by atoms with Crippen molar-refractivity contribution in [2.75, 3.05) is 18.4 Å². The summed E-state index contributed by atoms with van der Waals surface area (Å²) in [5, 5.41) is 11.1. The van der Waals surface area contributed by atoms with Crippen LogP contribution in [0.3, 0.4) is 0 Å². The van der Waals surface area contributed by atoms with Crippen molar-refractivity contribution in [2.24, 2.45) is 11.3 Å². The minimum atomic E-state index is -0.0829. The molecule has 2 aromatic rings. The molecule has 0 atom stereocenters. The van der Waals surface area contributed by atoms with E-state index in [9.17, 15) is 4.79 Å². The number of hydrogen-bond donors (Lipinski definition) is 2. The third-order valence-electron chi connectivity index (χ3n) is 5.70. The smallest absolute Gasteiger partial charge is 0.270 e. The van der Waals surface area contributed by atoms with Crippen LogP contribution in [0.15, 0.2) is 6.07 Å². The molecule has 7 heteroatoms. The molecular formula is C21H30N6O. The number of carbonyl (C=O) groups is 1. The second-order valence-electron chi connectivity index (χ2n) is 8.86. The number of amides is 1. The van der Waals surface area contributed by atoms with E-state index in [1.54, 1.807) is 0 Å². The van der Waals surface area contributed by atoms with Gasteiger partial charge in [-0.25, -0.2) is 9.97 Å². The molecule has 28 heavy (non-hydrogen) atoms. The first-order valence-corrected chi connectivity index (χ1v) is 10.3. The molecule has 1 aliphatic heterocycles. The molecule has 150 valence electrons. The van der Waals surface area contributed by atoms with Crippen LogP contribution in [0.2, 0.25) is 0 Å². The van der Waals surface area contributed by atoms with Crippen molar-refractivity contribution in [3.63, 3.8) is 0 Å². The van der Waals surface area contributed by atoms with E-state index in [1.807, 2.05) is 6.92 Å². The normalized spacial score (nSPS) is 17.4. The van der Waals surface area contributed by atoms with Crippen LogP contribution < -0.4 is 10.6 Å². The van der Waals surface area contributed by atoms with E-state index in [-0.39, 0.29) is 11.3 Å². The number of fused-ring (bicyclic) bond motifs is 1. The molecule has 7 nitrogen and oxygen atoms in total. The number of anilines is 1. The van der Waals surface area contributed by atoms with Crippen LogP contribution in [0.4, 0.5) is 5.82 Å². The van der Waals surface area contributed by atoms with E-state index in [1.165, 1.54) is 18.5 Å². The van der Waals surface area contributed by atoms with Crippen molar-refractivity contribution in [3.05, 3.63) is 34.5 Å². The van der Waals surface area contributed by atoms with E-state index in [0.29, 0.717) is 18.2 Å². The van der Waals surface area contributed by atoms with Gasteiger partial charge in [0.2, 0.25) is 0 Å². The van der Waals surface area contributed by atoms with Crippen molar-refractivity contribution in [3.8, 4) is 0 Å². The molecule has 4 rings (SSSR count). The summed E-state index contributed by atoms with van der Waals surface area (Å²) in [5.74, 6) is 1.95. The lowest BCUT2D eigenvalue weighted by atomic mass is 10.0. The van der Waals surface area contributed by atoms with Crippen LogP contribution in [-0.4, -0.2) is 38.7 Å². The summed E-state index contributed by atoms with van der Waals surface area (Å²) in [6.45, 7) is 10.8. The van der Waals surface area contributed by atoms with Gasteiger partial charge in [-0.05, 0) is 45.1 Å². The summed E-state index contributed by atoms with van der Waals surface area (Å²) in [7, 11) is 0. The highest BCUT2D eigenvalue weighted by molar-refractivity contribution is 5.96. The van der Waals surface area contributed by atoms with Crippen LogP contribution in [0.25, 0.3) is 0 Å². The Morgan fingerprint density at radius 1 is 1.29 bits per heavy atom. The minimum Gasteiger partial charge on any atom is -0.369 e. The highest BCUT2D eigenvalue weighted by atomic mass is 16.1. The average molecular weight is 383 g/mol. The molecule has 2 N–H and O–H groups in total. The Morgan fingerprint density at radius 3 is 2.71 bits per heavy atom. The van der Waals surface area contributed by atoms with Gasteiger partial charge in [0.25, 0.3) is 5.91 Å². The topological polar surface area (TPSA) is 84.7 Å². The van der Waals surface area contributed by atoms with Crippen LogP contribution >= 0.6 is 0 Å². The number of aryl methyl sites for hydroxylation is 2. The Bertz CT molecular complexity index is 897. The summed E-state index contributed by atoms with van der Waals surface area (Å²) in [6, 6.07) is 2.13. The molecule has 2 aromatic heterocycles. The van der Waals surface area contributed by atoms with Crippen LogP contribution in [0.5, 0.6) is 0 Å². The lowest BCUT2D eigenvalue weighted by Crippen LogP contribution is -2.35. The zero-order chi connectivity index (χ0) is 19.9. The van der Waals surface area contributed by atoms with E-state index >= 15 is 0 Å². The Morgan fingerprint density at radius 2 is 2.07 bits per heavy atom. The molecule has 0 unspecified atom stereocenters. The van der Waals surface area contributed by atoms with Gasteiger partial charge >= 0.3 is 0 Å². The molecule has 0 aromatic carbocycles. The molecule has 0 bridgehead atoms. The monoisotopic (exact) mass is 382 g/mol. The molecule has 2 aliphatic rings. The van der Waals surface area contributed by atoms with E-state index < -0.39 is 0 Å². The molecule has 1 aliphatic carbocycles. The van der Waals surface area contributed by atoms with Crippen LogP contribution in [-0.2, 0) is 19.4 Å². The quantitative estimate of drug-likeness (QED) is 0.769. The first-order chi connectivity index (χ1) is 13.3. The third-order valence-corrected chi connectivity index (χ3v) is 5.70. The third kappa shape index (κ3) is 3.88. The van der Waals surface area contributed by atoms with Gasteiger partial charge in [0, 0.05) is 42.7 Å². The molecule has 3 heterocycles. The molecule has 0 radical (unpaired) electrons. The first-order valence-electron chi connectivity index (χ1n) is 10.3. The fourth-order valence-corrected chi connectivity index (χ4v) is 3.93. The molecular weight excluding hydrogens is 352 g/mol.